The van der Waals surface area contributed by atoms with Crippen LogP contribution in [0, 0.1) is 5.92 Å². The molecule has 186 valence electrons. The van der Waals surface area contributed by atoms with Crippen molar-refractivity contribution in [1.29, 1.82) is 0 Å². The largest absolute Gasteiger partial charge is 0.494 e. The van der Waals surface area contributed by atoms with E-state index in [1.807, 2.05) is 38.1 Å². The molecule has 2 atom stereocenters. The van der Waals surface area contributed by atoms with E-state index in [2.05, 4.69) is 5.10 Å². The minimum Gasteiger partial charge on any atom is -0.494 e. The Morgan fingerprint density at radius 3 is 2.71 bits per heavy atom. The fourth-order valence-electron chi connectivity index (χ4n) is 4.57. The number of aliphatic hydroxyl groups excluding tert-OH is 1. The lowest BCUT2D eigenvalue weighted by Crippen LogP contribution is -2.30. The third-order valence-electron chi connectivity index (χ3n) is 6.18. The topological polar surface area (TPSA) is 122 Å². The van der Waals surface area contributed by atoms with Crippen molar-refractivity contribution < 1.29 is 28.2 Å². The summed E-state index contributed by atoms with van der Waals surface area (Å²) in [6, 6.07) is 12.0. The number of ether oxygens (including phenoxy) is 1. The highest BCUT2D eigenvalue weighted by atomic mass is 32.2. The number of hydrogen-bond donors (Lipinski definition) is 2. The molecule has 2 N–H and O–H groups in total. The second-order valence-electron chi connectivity index (χ2n) is 8.56. The van der Waals surface area contributed by atoms with Gasteiger partial charge in [-0.2, -0.15) is 9.40 Å². The van der Waals surface area contributed by atoms with Gasteiger partial charge in [-0.3, -0.25) is 9.48 Å². The van der Waals surface area contributed by atoms with E-state index in [-0.39, 0.29) is 36.4 Å². The lowest BCUT2D eigenvalue weighted by molar-refractivity contribution is -0.136. The predicted octanol–water partition coefficient (Wildman–Crippen LogP) is 2.95. The molecule has 1 aromatic heterocycles. The highest BCUT2D eigenvalue weighted by Gasteiger charge is 2.40. The summed E-state index contributed by atoms with van der Waals surface area (Å²) in [6.45, 7) is 4.55. The fraction of sp³-hybridized carbons (Fsp3) is 0.360. The third kappa shape index (κ3) is 4.95. The highest BCUT2D eigenvalue weighted by Crippen LogP contribution is 2.36. The van der Waals surface area contributed by atoms with E-state index in [9.17, 15) is 23.4 Å². The van der Waals surface area contributed by atoms with Crippen LogP contribution in [0.1, 0.15) is 31.1 Å². The summed E-state index contributed by atoms with van der Waals surface area (Å²) < 4.78 is 36.2. The quantitative estimate of drug-likeness (QED) is 0.464. The van der Waals surface area contributed by atoms with E-state index in [4.69, 9.17) is 4.74 Å². The van der Waals surface area contributed by atoms with Gasteiger partial charge >= 0.3 is 5.97 Å². The Bertz CT molecular complexity index is 1360. The number of carboxylic acid groups (broad SMARTS) is 1. The van der Waals surface area contributed by atoms with Gasteiger partial charge in [0.25, 0.3) is 0 Å². The minimum absolute atomic E-state index is 0.0510. The van der Waals surface area contributed by atoms with Crippen molar-refractivity contribution in [2.75, 3.05) is 26.3 Å². The monoisotopic (exact) mass is 499 g/mol. The van der Waals surface area contributed by atoms with Crippen molar-refractivity contribution in [3.63, 3.8) is 0 Å². The Morgan fingerprint density at radius 1 is 1.23 bits per heavy atom. The van der Waals surface area contributed by atoms with E-state index in [1.165, 1.54) is 16.4 Å². The predicted molar refractivity (Wildman–Crippen MR) is 132 cm³/mol. The molecule has 1 fully saturated rings. The third-order valence-corrected chi connectivity index (χ3v) is 8.08. The Hall–Kier alpha value is -3.21. The molecule has 0 bridgehead atoms. The number of nitrogens with zero attached hydrogens (tertiary/aromatic N) is 3. The molecule has 0 radical (unpaired) electrons. The summed E-state index contributed by atoms with van der Waals surface area (Å²) in [4.78, 5) is 11.5. The molecule has 1 aliphatic rings. The number of carboxylic acids is 1. The van der Waals surface area contributed by atoms with Gasteiger partial charge in [0.2, 0.25) is 10.0 Å². The molecule has 9 nitrogen and oxygen atoms in total. The van der Waals surface area contributed by atoms with Crippen LogP contribution in [-0.2, 0) is 21.2 Å². The van der Waals surface area contributed by atoms with Gasteiger partial charge in [-0.15, -0.1) is 0 Å². The van der Waals surface area contributed by atoms with Crippen LogP contribution in [-0.4, -0.2) is 65.0 Å². The van der Waals surface area contributed by atoms with Crippen molar-refractivity contribution in [2.45, 2.75) is 31.2 Å². The molecule has 0 spiro atoms. The van der Waals surface area contributed by atoms with Gasteiger partial charge in [0.15, 0.2) is 0 Å². The number of aliphatic carboxylic acids is 1. The molecule has 10 heteroatoms. The zero-order valence-corrected chi connectivity index (χ0v) is 20.5. The maximum Gasteiger partial charge on any atom is 0.309 e. The zero-order chi connectivity index (χ0) is 25.2. The second-order valence-corrected chi connectivity index (χ2v) is 10.5. The average Bonchev–Trinajstić information content (AvgIpc) is 3.38. The van der Waals surface area contributed by atoms with Crippen molar-refractivity contribution in [3.05, 3.63) is 59.8 Å². The molecule has 35 heavy (non-hydrogen) atoms. The number of hydrogen-bond acceptors (Lipinski definition) is 6. The molecule has 0 amide bonds. The summed E-state index contributed by atoms with van der Waals surface area (Å²) in [5, 5.41) is 23.9. The minimum atomic E-state index is -3.86. The normalized spacial score (nSPS) is 19.1. The van der Waals surface area contributed by atoms with E-state index in [0.717, 1.165) is 10.9 Å². The number of fused-ring (bicyclic) bond motifs is 1. The smallest absolute Gasteiger partial charge is 0.309 e. The summed E-state index contributed by atoms with van der Waals surface area (Å²) in [6.07, 6.45) is 2.86. The van der Waals surface area contributed by atoms with E-state index >= 15 is 0 Å². The first kappa shape index (κ1) is 24.9. The first-order valence-corrected chi connectivity index (χ1v) is 12.9. The van der Waals surface area contributed by atoms with Crippen LogP contribution in [0.4, 0.5) is 0 Å². The molecular weight excluding hydrogens is 470 g/mol. The molecule has 4 rings (SSSR count). The second kappa shape index (κ2) is 10.2. The molecule has 3 aromatic rings. The molecule has 0 unspecified atom stereocenters. The molecule has 0 aliphatic carbocycles. The standard InChI is InChI=1S/C25H29N3O6S/c1-3-34-19-10-11-24(18(13-19)7-6-12-29)35(32,33)27-15-17(2)23(16-27)28-22-9-5-4-8-20(22)21(26-28)14-25(30)31/h4-11,13,17,23,29H,3,12,14-16H2,1-2H3,(H,30,31)/t17-,23+/m1/s1. The summed E-state index contributed by atoms with van der Waals surface area (Å²) >= 11 is 0. The number of rotatable bonds is 9. The summed E-state index contributed by atoms with van der Waals surface area (Å²) in [7, 11) is -3.86. The molecule has 1 aliphatic heterocycles. The summed E-state index contributed by atoms with van der Waals surface area (Å²) in [5.74, 6) is -0.474. The average molecular weight is 500 g/mol. The first-order chi connectivity index (χ1) is 16.8. The highest BCUT2D eigenvalue weighted by molar-refractivity contribution is 7.89. The van der Waals surface area contributed by atoms with Crippen molar-refractivity contribution in [3.8, 4) is 5.75 Å². The van der Waals surface area contributed by atoms with E-state index in [0.29, 0.717) is 30.2 Å². The van der Waals surface area contributed by atoms with Gasteiger partial charge in [-0.25, -0.2) is 8.42 Å². The van der Waals surface area contributed by atoms with Crippen LogP contribution >= 0.6 is 0 Å². The number of carbonyl (C=O) groups is 1. The van der Waals surface area contributed by atoms with Gasteiger partial charge in [0, 0.05) is 18.5 Å². The van der Waals surface area contributed by atoms with Gasteiger partial charge in [0.1, 0.15) is 5.75 Å². The van der Waals surface area contributed by atoms with Crippen LogP contribution in [0.15, 0.2) is 53.4 Å². The number of sulfonamides is 1. The molecule has 1 saturated heterocycles. The van der Waals surface area contributed by atoms with Gasteiger partial charge in [0.05, 0.1) is 41.8 Å². The molecule has 2 heterocycles. The first-order valence-electron chi connectivity index (χ1n) is 11.5. The Labute approximate surface area is 204 Å². The number of aromatic nitrogens is 2. The molecule has 0 saturated carbocycles. The SMILES string of the molecule is CCOc1ccc(S(=O)(=O)N2C[C@@H](C)[C@@H](n3nc(CC(=O)O)c4ccccc43)C2)c(C=CCO)c1. The van der Waals surface area contributed by atoms with Crippen molar-refractivity contribution in [1.82, 2.24) is 14.1 Å². The summed E-state index contributed by atoms with van der Waals surface area (Å²) in [5.41, 5.74) is 1.69. The maximum absolute atomic E-state index is 13.7. The maximum atomic E-state index is 13.7. The van der Waals surface area contributed by atoms with E-state index in [1.54, 1.807) is 22.9 Å². The van der Waals surface area contributed by atoms with Gasteiger partial charge < -0.3 is 14.9 Å². The van der Waals surface area contributed by atoms with Crippen LogP contribution in [0.2, 0.25) is 0 Å². The van der Waals surface area contributed by atoms with Crippen molar-refractivity contribution >= 4 is 33.0 Å². The zero-order valence-electron chi connectivity index (χ0n) is 19.7. The Balaban J connectivity index is 1.70. The lowest BCUT2D eigenvalue weighted by atomic mass is 10.1. The van der Waals surface area contributed by atoms with Gasteiger partial charge in [-0.05, 0) is 42.7 Å². The Kier molecular flexibility index (Phi) is 7.25. The Morgan fingerprint density at radius 2 is 2.00 bits per heavy atom. The molecule has 2 aromatic carbocycles. The van der Waals surface area contributed by atoms with E-state index < -0.39 is 16.0 Å². The van der Waals surface area contributed by atoms with Crippen LogP contribution in [0.25, 0.3) is 17.0 Å². The fourth-order valence-corrected chi connectivity index (χ4v) is 6.29. The number of para-hydroxylation sites is 1. The van der Waals surface area contributed by atoms with Crippen LogP contribution in [0.5, 0.6) is 5.75 Å². The number of aliphatic hydroxyl groups is 1. The van der Waals surface area contributed by atoms with Gasteiger partial charge in [-0.1, -0.05) is 37.3 Å². The van der Waals surface area contributed by atoms with Crippen LogP contribution in [0.3, 0.4) is 0 Å². The molecular formula is C25H29N3O6S. The number of benzene rings is 2. The van der Waals surface area contributed by atoms with Crippen LogP contribution < -0.4 is 4.74 Å². The lowest BCUT2D eigenvalue weighted by Gasteiger charge is -2.19. The van der Waals surface area contributed by atoms with Crippen molar-refractivity contribution in [2.24, 2.45) is 5.92 Å².